The molecule has 3 rings (SSSR count). The molecule has 2 aromatic carbocycles. The molecular formula is C19H20N4O4. The fourth-order valence-electron chi connectivity index (χ4n) is 2.81. The first-order valence-electron chi connectivity index (χ1n) is 8.46. The lowest BCUT2D eigenvalue weighted by Crippen LogP contribution is -2.35. The Labute approximate surface area is 155 Å². The molecule has 0 saturated heterocycles. The molecule has 0 saturated carbocycles. The van der Waals surface area contributed by atoms with E-state index in [1.807, 2.05) is 6.92 Å². The van der Waals surface area contributed by atoms with Crippen LogP contribution in [0.4, 0.5) is 5.69 Å². The van der Waals surface area contributed by atoms with Crippen molar-refractivity contribution in [3.63, 3.8) is 0 Å². The monoisotopic (exact) mass is 368 g/mol. The number of carbonyl (C=O) groups is 1. The first kappa shape index (κ1) is 18.4. The number of anilines is 1. The van der Waals surface area contributed by atoms with Gasteiger partial charge in [-0.25, -0.2) is 0 Å². The zero-order valence-corrected chi connectivity index (χ0v) is 15.3. The second-order valence-electron chi connectivity index (χ2n) is 5.84. The Balaban J connectivity index is 1.91. The fourth-order valence-corrected chi connectivity index (χ4v) is 2.81. The third kappa shape index (κ3) is 3.59. The lowest BCUT2D eigenvalue weighted by Gasteiger charge is -2.17. The Morgan fingerprint density at radius 2 is 1.89 bits per heavy atom. The minimum absolute atomic E-state index is 0.352. The van der Waals surface area contributed by atoms with E-state index in [1.54, 1.807) is 42.5 Å². The van der Waals surface area contributed by atoms with Gasteiger partial charge >= 0.3 is 0 Å². The molecule has 1 N–H and O–H groups in total. The van der Waals surface area contributed by atoms with Crippen molar-refractivity contribution in [2.24, 2.45) is 0 Å². The molecule has 1 atom stereocenters. The van der Waals surface area contributed by atoms with Crippen LogP contribution in [0.1, 0.15) is 19.4 Å². The van der Waals surface area contributed by atoms with Crippen molar-refractivity contribution in [2.45, 2.75) is 19.4 Å². The SMILES string of the molecule is CCC(C(=O)Nc1ccc(OC)c(OC)c1)n1nnc2ccccc2c1=O. The molecule has 1 unspecified atom stereocenters. The van der Waals surface area contributed by atoms with Crippen LogP contribution in [-0.4, -0.2) is 35.1 Å². The van der Waals surface area contributed by atoms with Crippen molar-refractivity contribution in [2.75, 3.05) is 19.5 Å². The van der Waals surface area contributed by atoms with Gasteiger partial charge in [-0.2, -0.15) is 4.68 Å². The third-order valence-electron chi connectivity index (χ3n) is 4.23. The topological polar surface area (TPSA) is 95.3 Å². The van der Waals surface area contributed by atoms with Crippen molar-refractivity contribution in [1.82, 2.24) is 15.0 Å². The number of hydrogen-bond donors (Lipinski definition) is 1. The minimum atomic E-state index is -0.789. The summed E-state index contributed by atoms with van der Waals surface area (Å²) in [5, 5.41) is 11.2. The number of benzene rings is 2. The van der Waals surface area contributed by atoms with Gasteiger partial charge in [-0.15, -0.1) is 5.10 Å². The average molecular weight is 368 g/mol. The van der Waals surface area contributed by atoms with Gasteiger partial charge < -0.3 is 14.8 Å². The first-order valence-corrected chi connectivity index (χ1v) is 8.46. The molecule has 0 spiro atoms. The molecule has 27 heavy (non-hydrogen) atoms. The Morgan fingerprint density at radius 1 is 1.15 bits per heavy atom. The predicted molar refractivity (Wildman–Crippen MR) is 101 cm³/mol. The Hall–Kier alpha value is -3.42. The number of carbonyl (C=O) groups excluding carboxylic acids is 1. The number of aromatic nitrogens is 3. The molecule has 3 aromatic rings. The van der Waals surface area contributed by atoms with Crippen LogP contribution in [0.15, 0.2) is 47.3 Å². The largest absolute Gasteiger partial charge is 0.493 e. The highest BCUT2D eigenvalue weighted by Gasteiger charge is 2.22. The zero-order valence-electron chi connectivity index (χ0n) is 15.3. The maximum Gasteiger partial charge on any atom is 0.278 e. The summed E-state index contributed by atoms with van der Waals surface area (Å²) in [6.45, 7) is 1.81. The van der Waals surface area contributed by atoms with Crippen LogP contribution in [0.5, 0.6) is 11.5 Å². The molecule has 0 aliphatic heterocycles. The van der Waals surface area contributed by atoms with Gasteiger partial charge in [0.05, 0.1) is 19.6 Å². The van der Waals surface area contributed by atoms with Gasteiger partial charge in [-0.3, -0.25) is 9.59 Å². The second-order valence-corrected chi connectivity index (χ2v) is 5.84. The number of nitrogens with zero attached hydrogens (tertiary/aromatic N) is 3. The molecule has 140 valence electrons. The number of nitrogens with one attached hydrogen (secondary N) is 1. The van der Waals surface area contributed by atoms with Crippen molar-refractivity contribution >= 4 is 22.5 Å². The van der Waals surface area contributed by atoms with Gasteiger partial charge in [-0.05, 0) is 30.7 Å². The molecule has 1 amide bonds. The maximum absolute atomic E-state index is 12.8. The molecule has 8 heteroatoms. The van der Waals surface area contributed by atoms with E-state index in [9.17, 15) is 9.59 Å². The molecule has 8 nitrogen and oxygen atoms in total. The molecule has 1 aromatic heterocycles. The molecule has 0 bridgehead atoms. The summed E-state index contributed by atoms with van der Waals surface area (Å²) in [6.07, 6.45) is 0.381. The normalized spacial score (nSPS) is 11.8. The summed E-state index contributed by atoms with van der Waals surface area (Å²) in [5.41, 5.74) is 0.668. The van der Waals surface area contributed by atoms with Crippen molar-refractivity contribution in [1.29, 1.82) is 0 Å². The molecule has 0 aliphatic carbocycles. The number of ether oxygens (including phenoxy) is 2. The average Bonchev–Trinajstić information content (AvgIpc) is 2.70. The van der Waals surface area contributed by atoms with Gasteiger partial charge in [0, 0.05) is 11.8 Å². The van der Waals surface area contributed by atoms with E-state index >= 15 is 0 Å². The summed E-state index contributed by atoms with van der Waals surface area (Å²) < 4.78 is 11.6. The highest BCUT2D eigenvalue weighted by molar-refractivity contribution is 5.94. The van der Waals surface area contributed by atoms with Crippen LogP contribution >= 0.6 is 0 Å². The van der Waals surface area contributed by atoms with E-state index < -0.39 is 6.04 Å². The van der Waals surface area contributed by atoms with Crippen LogP contribution in [-0.2, 0) is 4.79 Å². The smallest absolute Gasteiger partial charge is 0.278 e. The van der Waals surface area contributed by atoms with Crippen LogP contribution in [0, 0.1) is 0 Å². The van der Waals surface area contributed by atoms with E-state index in [1.165, 1.54) is 14.2 Å². The van der Waals surface area contributed by atoms with Crippen molar-refractivity contribution < 1.29 is 14.3 Å². The van der Waals surface area contributed by atoms with Gasteiger partial charge in [0.2, 0.25) is 5.91 Å². The van der Waals surface area contributed by atoms with Gasteiger partial charge in [0.25, 0.3) is 5.56 Å². The van der Waals surface area contributed by atoms with Crippen LogP contribution in [0.3, 0.4) is 0 Å². The Kier molecular flexibility index (Phi) is 5.35. The quantitative estimate of drug-likeness (QED) is 0.718. The molecule has 0 aliphatic rings. The summed E-state index contributed by atoms with van der Waals surface area (Å²) >= 11 is 0. The van der Waals surface area contributed by atoms with Crippen LogP contribution < -0.4 is 20.3 Å². The molecule has 1 heterocycles. The van der Waals surface area contributed by atoms with E-state index in [-0.39, 0.29) is 11.5 Å². The first-order chi connectivity index (χ1) is 13.1. The molecule has 0 fully saturated rings. The second kappa shape index (κ2) is 7.86. The van der Waals surface area contributed by atoms with Gasteiger partial charge in [0.15, 0.2) is 11.5 Å². The Morgan fingerprint density at radius 3 is 2.59 bits per heavy atom. The maximum atomic E-state index is 12.8. The zero-order chi connectivity index (χ0) is 19.4. The van der Waals surface area contributed by atoms with E-state index in [0.29, 0.717) is 34.5 Å². The summed E-state index contributed by atoms with van der Waals surface area (Å²) in [6, 6.07) is 11.2. The standard InChI is InChI=1S/C19H20N4O4/c1-4-15(23-19(25)13-7-5-6-8-14(13)21-22-23)18(24)20-12-9-10-16(26-2)17(11-12)27-3/h5-11,15H,4H2,1-3H3,(H,20,24). The highest BCUT2D eigenvalue weighted by Crippen LogP contribution is 2.30. The predicted octanol–water partition coefficient (Wildman–Crippen LogP) is 2.40. The minimum Gasteiger partial charge on any atom is -0.493 e. The van der Waals surface area contributed by atoms with E-state index in [4.69, 9.17) is 9.47 Å². The van der Waals surface area contributed by atoms with Gasteiger partial charge in [-0.1, -0.05) is 24.3 Å². The number of amides is 1. The van der Waals surface area contributed by atoms with Crippen LogP contribution in [0.2, 0.25) is 0 Å². The van der Waals surface area contributed by atoms with Crippen molar-refractivity contribution in [3.8, 4) is 11.5 Å². The highest BCUT2D eigenvalue weighted by atomic mass is 16.5. The number of fused-ring (bicyclic) bond motifs is 1. The molecule has 0 radical (unpaired) electrons. The molecular weight excluding hydrogens is 348 g/mol. The lowest BCUT2D eigenvalue weighted by molar-refractivity contribution is -0.119. The van der Waals surface area contributed by atoms with Gasteiger partial charge in [0.1, 0.15) is 11.6 Å². The van der Waals surface area contributed by atoms with E-state index in [2.05, 4.69) is 15.6 Å². The summed E-state index contributed by atoms with van der Waals surface area (Å²) in [5.74, 6) is 0.682. The number of rotatable bonds is 6. The van der Waals surface area contributed by atoms with E-state index in [0.717, 1.165) is 4.68 Å². The number of hydrogen-bond acceptors (Lipinski definition) is 6. The van der Waals surface area contributed by atoms with Crippen LogP contribution in [0.25, 0.3) is 10.9 Å². The number of methoxy groups -OCH3 is 2. The van der Waals surface area contributed by atoms with Crippen molar-refractivity contribution in [3.05, 3.63) is 52.8 Å². The third-order valence-corrected chi connectivity index (χ3v) is 4.23. The Bertz CT molecular complexity index is 1030. The fraction of sp³-hybridized carbons (Fsp3) is 0.263. The summed E-state index contributed by atoms with van der Waals surface area (Å²) in [4.78, 5) is 25.5. The summed E-state index contributed by atoms with van der Waals surface area (Å²) in [7, 11) is 3.05. The lowest BCUT2D eigenvalue weighted by atomic mass is 10.2.